The highest BCUT2D eigenvalue weighted by Gasteiger charge is 2.32. The molecule has 0 radical (unpaired) electrons. The van der Waals surface area contributed by atoms with E-state index in [0.717, 1.165) is 57.0 Å². The van der Waals surface area contributed by atoms with Crippen LogP contribution in [0.4, 0.5) is 8.78 Å². The molecule has 7 heteroatoms. The van der Waals surface area contributed by atoms with Crippen LogP contribution in [0.25, 0.3) is 11.4 Å². The van der Waals surface area contributed by atoms with Crippen molar-refractivity contribution in [3.63, 3.8) is 0 Å². The van der Waals surface area contributed by atoms with E-state index in [0.29, 0.717) is 17.3 Å². The summed E-state index contributed by atoms with van der Waals surface area (Å²) >= 11 is 0. The van der Waals surface area contributed by atoms with Crippen molar-refractivity contribution in [2.45, 2.75) is 51.1 Å². The summed E-state index contributed by atoms with van der Waals surface area (Å²) in [6.07, 6.45) is 6.02. The van der Waals surface area contributed by atoms with Gasteiger partial charge in [-0.05, 0) is 79.9 Å². The summed E-state index contributed by atoms with van der Waals surface area (Å²) in [4.78, 5) is 5.09. The SMILES string of the molecule is Fc1ccc(-c2nnc3n2CCN(C[C@H]2C[C@H](c4ccc(CN5CCCC5)cc4)C2)CC3)cc1F. The van der Waals surface area contributed by atoms with Gasteiger partial charge in [-0.3, -0.25) is 4.90 Å². The van der Waals surface area contributed by atoms with E-state index in [-0.39, 0.29) is 0 Å². The Hall–Kier alpha value is -2.64. The quantitative estimate of drug-likeness (QED) is 0.508. The summed E-state index contributed by atoms with van der Waals surface area (Å²) in [5, 5.41) is 8.63. The Balaban J connectivity index is 1.01. The number of rotatable bonds is 6. The van der Waals surface area contributed by atoms with Crippen LogP contribution in [-0.4, -0.2) is 57.3 Å². The Morgan fingerprint density at radius 3 is 2.37 bits per heavy atom. The molecular weight excluding hydrogens is 444 g/mol. The summed E-state index contributed by atoms with van der Waals surface area (Å²) in [5.74, 6) is 1.28. The number of fused-ring (bicyclic) bond motifs is 1. The number of halogens is 2. The van der Waals surface area contributed by atoms with Crippen LogP contribution in [0.1, 0.15) is 48.6 Å². The van der Waals surface area contributed by atoms with E-state index in [1.807, 2.05) is 0 Å². The highest BCUT2D eigenvalue weighted by molar-refractivity contribution is 5.55. The molecule has 0 unspecified atom stereocenters. The average molecular weight is 478 g/mol. The summed E-state index contributed by atoms with van der Waals surface area (Å²) in [6, 6.07) is 13.3. The van der Waals surface area contributed by atoms with Gasteiger partial charge in [0.05, 0.1) is 0 Å². The molecule has 6 rings (SSSR count). The van der Waals surface area contributed by atoms with Gasteiger partial charge in [0.1, 0.15) is 5.82 Å². The topological polar surface area (TPSA) is 37.2 Å². The number of aromatic nitrogens is 3. The van der Waals surface area contributed by atoms with Crippen molar-refractivity contribution in [3.8, 4) is 11.4 Å². The summed E-state index contributed by atoms with van der Waals surface area (Å²) in [5.41, 5.74) is 3.50. The Morgan fingerprint density at radius 1 is 0.800 bits per heavy atom. The van der Waals surface area contributed by atoms with Crippen molar-refractivity contribution in [1.82, 2.24) is 24.6 Å². The lowest BCUT2D eigenvalue weighted by molar-refractivity contribution is 0.160. The summed E-state index contributed by atoms with van der Waals surface area (Å²) < 4.78 is 29.2. The number of hydrogen-bond donors (Lipinski definition) is 0. The molecule has 2 aliphatic heterocycles. The minimum absolute atomic E-state index is 0.574. The van der Waals surface area contributed by atoms with Crippen LogP contribution in [-0.2, 0) is 19.5 Å². The standard InChI is InChI=1S/C28H33F2N5/c29-25-8-7-23(17-26(25)30)28-32-31-27-9-12-34(13-14-35(27)28)19-21-15-24(16-21)22-5-3-20(4-6-22)18-33-10-1-2-11-33/h3-8,17,21,24H,1-2,9-16,18-19H2/t21-,24-. The van der Waals surface area contributed by atoms with Crippen LogP contribution >= 0.6 is 0 Å². The minimum atomic E-state index is -0.851. The lowest BCUT2D eigenvalue weighted by Crippen LogP contribution is -2.37. The maximum absolute atomic E-state index is 13.7. The Kier molecular flexibility index (Phi) is 6.37. The van der Waals surface area contributed by atoms with Crippen LogP contribution in [0.2, 0.25) is 0 Å². The first kappa shape index (κ1) is 22.8. The first-order valence-corrected chi connectivity index (χ1v) is 13.0. The van der Waals surface area contributed by atoms with Gasteiger partial charge in [-0.25, -0.2) is 8.78 Å². The highest BCUT2D eigenvalue weighted by atomic mass is 19.2. The lowest BCUT2D eigenvalue weighted by Gasteiger charge is -2.38. The fraction of sp³-hybridized carbons (Fsp3) is 0.500. The van der Waals surface area contributed by atoms with Crippen molar-refractivity contribution in [2.75, 3.05) is 32.7 Å². The summed E-state index contributed by atoms with van der Waals surface area (Å²) in [7, 11) is 0. The van der Waals surface area contributed by atoms with Crippen molar-refractivity contribution in [1.29, 1.82) is 0 Å². The highest BCUT2D eigenvalue weighted by Crippen LogP contribution is 2.42. The van der Waals surface area contributed by atoms with Gasteiger partial charge < -0.3 is 9.47 Å². The van der Waals surface area contributed by atoms with Gasteiger partial charge in [0, 0.05) is 44.7 Å². The molecule has 1 saturated carbocycles. The Labute approximate surface area is 205 Å². The molecule has 0 atom stereocenters. The van der Waals surface area contributed by atoms with Crippen molar-refractivity contribution >= 4 is 0 Å². The van der Waals surface area contributed by atoms with E-state index in [9.17, 15) is 8.78 Å². The van der Waals surface area contributed by atoms with E-state index >= 15 is 0 Å². The molecule has 0 N–H and O–H groups in total. The second-order valence-corrected chi connectivity index (χ2v) is 10.5. The van der Waals surface area contributed by atoms with Gasteiger partial charge in [-0.15, -0.1) is 10.2 Å². The molecule has 3 heterocycles. The monoisotopic (exact) mass is 477 g/mol. The molecule has 3 aromatic rings. The largest absolute Gasteiger partial charge is 0.310 e. The average Bonchev–Trinajstić information content (AvgIpc) is 3.45. The van der Waals surface area contributed by atoms with Crippen molar-refractivity contribution in [3.05, 3.63) is 71.1 Å². The Bertz CT molecular complexity index is 1160. The van der Waals surface area contributed by atoms with Gasteiger partial charge in [0.2, 0.25) is 0 Å². The zero-order valence-electron chi connectivity index (χ0n) is 20.2. The third kappa shape index (κ3) is 4.89. The number of nitrogens with zero attached hydrogens (tertiary/aromatic N) is 5. The number of hydrogen-bond acceptors (Lipinski definition) is 4. The number of likely N-dealkylation sites (tertiary alicyclic amines) is 1. The first-order valence-electron chi connectivity index (χ1n) is 13.0. The third-order valence-corrected chi connectivity index (χ3v) is 8.10. The molecule has 0 spiro atoms. The van der Waals surface area contributed by atoms with E-state index < -0.39 is 11.6 Å². The second-order valence-electron chi connectivity index (χ2n) is 10.5. The maximum Gasteiger partial charge on any atom is 0.164 e. The van der Waals surface area contributed by atoms with Gasteiger partial charge in [0.15, 0.2) is 17.5 Å². The smallest absolute Gasteiger partial charge is 0.164 e. The van der Waals surface area contributed by atoms with Gasteiger partial charge in [-0.2, -0.15) is 0 Å². The second kappa shape index (κ2) is 9.78. The molecule has 35 heavy (non-hydrogen) atoms. The van der Waals surface area contributed by atoms with Gasteiger partial charge in [0.25, 0.3) is 0 Å². The molecule has 3 aliphatic rings. The molecule has 1 saturated heterocycles. The van der Waals surface area contributed by atoms with Crippen molar-refractivity contribution in [2.24, 2.45) is 5.92 Å². The van der Waals surface area contributed by atoms with E-state index in [2.05, 4.69) is 48.8 Å². The first-order chi connectivity index (χ1) is 17.1. The molecule has 184 valence electrons. The molecular formula is C28H33F2N5. The van der Waals surface area contributed by atoms with E-state index in [1.54, 1.807) is 6.07 Å². The molecule has 0 amide bonds. The normalized spacial score (nSPS) is 23.1. The van der Waals surface area contributed by atoms with Gasteiger partial charge >= 0.3 is 0 Å². The molecule has 2 fully saturated rings. The predicted molar refractivity (Wildman–Crippen MR) is 132 cm³/mol. The number of benzene rings is 2. The zero-order chi connectivity index (χ0) is 23.8. The fourth-order valence-corrected chi connectivity index (χ4v) is 6.01. The third-order valence-electron chi connectivity index (χ3n) is 8.10. The zero-order valence-corrected chi connectivity index (χ0v) is 20.2. The van der Waals surface area contributed by atoms with Crippen LogP contribution in [0.15, 0.2) is 42.5 Å². The molecule has 1 aromatic heterocycles. The summed E-state index contributed by atoms with van der Waals surface area (Å²) in [6.45, 7) is 7.34. The minimum Gasteiger partial charge on any atom is -0.310 e. The van der Waals surface area contributed by atoms with Gasteiger partial charge in [-0.1, -0.05) is 24.3 Å². The lowest BCUT2D eigenvalue weighted by atomic mass is 9.71. The van der Waals surface area contributed by atoms with E-state index in [4.69, 9.17) is 0 Å². The van der Waals surface area contributed by atoms with Crippen LogP contribution in [0, 0.1) is 17.6 Å². The van der Waals surface area contributed by atoms with Crippen molar-refractivity contribution < 1.29 is 8.78 Å². The van der Waals surface area contributed by atoms with Crippen LogP contribution in [0.3, 0.4) is 0 Å². The molecule has 0 bridgehead atoms. The van der Waals surface area contributed by atoms with Crippen LogP contribution < -0.4 is 0 Å². The molecule has 1 aliphatic carbocycles. The molecule has 2 aromatic carbocycles. The molecule has 5 nitrogen and oxygen atoms in total. The fourth-order valence-electron chi connectivity index (χ4n) is 6.01. The maximum atomic E-state index is 13.7. The van der Waals surface area contributed by atoms with E-state index in [1.165, 1.54) is 56.0 Å². The Morgan fingerprint density at radius 2 is 1.60 bits per heavy atom. The predicted octanol–water partition coefficient (Wildman–Crippen LogP) is 4.87. The van der Waals surface area contributed by atoms with Crippen LogP contribution in [0.5, 0.6) is 0 Å².